The molecule has 1 aliphatic heterocycles. The van der Waals surface area contributed by atoms with Gasteiger partial charge >= 0.3 is 0 Å². The minimum atomic E-state index is -0.0586. The second-order valence-electron chi connectivity index (χ2n) is 4.19. The molecule has 0 radical (unpaired) electrons. The molecule has 17 heavy (non-hydrogen) atoms. The van der Waals surface area contributed by atoms with Crippen LogP contribution < -0.4 is 0 Å². The van der Waals surface area contributed by atoms with E-state index >= 15 is 0 Å². The van der Waals surface area contributed by atoms with Gasteiger partial charge in [-0.25, -0.2) is 0 Å². The van der Waals surface area contributed by atoms with Crippen molar-refractivity contribution in [3.8, 4) is 0 Å². The predicted octanol–water partition coefficient (Wildman–Crippen LogP) is 2.70. The van der Waals surface area contributed by atoms with E-state index in [1.165, 1.54) is 4.90 Å². The lowest BCUT2D eigenvalue weighted by atomic mass is 9.88. The topological polar surface area (TPSA) is 37.4 Å². The number of carbonyl (C=O) groups excluding carboxylic acids is 2. The van der Waals surface area contributed by atoms with Crippen LogP contribution in [0.1, 0.15) is 31.2 Å². The Kier molecular flexibility index (Phi) is 3.62. The highest BCUT2D eigenvalue weighted by atomic mass is 79.9. The van der Waals surface area contributed by atoms with Gasteiger partial charge in [-0.3, -0.25) is 14.5 Å². The lowest BCUT2D eigenvalue weighted by molar-refractivity contribution is -0.148. The van der Waals surface area contributed by atoms with Crippen molar-refractivity contribution < 1.29 is 9.59 Å². The number of benzene rings is 1. The first-order valence-corrected chi connectivity index (χ1v) is 6.49. The first kappa shape index (κ1) is 12.3. The summed E-state index contributed by atoms with van der Waals surface area (Å²) in [5.41, 5.74) is 1.06. The summed E-state index contributed by atoms with van der Waals surface area (Å²) in [6, 6.07) is 7.82. The largest absolute Gasteiger partial charge is 0.283 e. The number of nitrogens with zero attached hydrogens (tertiary/aromatic N) is 1. The molecule has 1 saturated heterocycles. The zero-order valence-electron chi connectivity index (χ0n) is 9.65. The van der Waals surface area contributed by atoms with Crippen LogP contribution in [0.15, 0.2) is 28.7 Å². The Balaban J connectivity index is 2.17. The van der Waals surface area contributed by atoms with Crippen LogP contribution in [0.5, 0.6) is 0 Å². The molecule has 3 nitrogen and oxygen atoms in total. The molecule has 1 aromatic rings. The maximum absolute atomic E-state index is 11.8. The summed E-state index contributed by atoms with van der Waals surface area (Å²) in [5.74, 6) is -0.0840. The highest BCUT2D eigenvalue weighted by molar-refractivity contribution is 9.10. The number of likely N-dealkylation sites (tertiary alicyclic amines) is 1. The molecule has 90 valence electrons. The van der Waals surface area contributed by atoms with Crippen molar-refractivity contribution in [2.45, 2.75) is 25.7 Å². The summed E-state index contributed by atoms with van der Waals surface area (Å²) < 4.78 is 1.00. The van der Waals surface area contributed by atoms with Crippen LogP contribution in [0.2, 0.25) is 0 Å². The maximum Gasteiger partial charge on any atom is 0.229 e. The van der Waals surface area contributed by atoms with E-state index in [-0.39, 0.29) is 17.7 Å². The summed E-state index contributed by atoms with van der Waals surface area (Å²) in [4.78, 5) is 24.9. The van der Waals surface area contributed by atoms with Gasteiger partial charge in [0.15, 0.2) is 0 Å². The third-order valence-corrected chi connectivity index (χ3v) is 3.63. The Bertz CT molecular complexity index is 423. The summed E-state index contributed by atoms with van der Waals surface area (Å²) in [6.07, 6.45) is 0.864. The van der Waals surface area contributed by atoms with Crippen molar-refractivity contribution in [1.82, 2.24) is 4.90 Å². The van der Waals surface area contributed by atoms with Gasteiger partial charge in [-0.15, -0.1) is 0 Å². The van der Waals surface area contributed by atoms with E-state index in [0.717, 1.165) is 10.0 Å². The molecule has 1 aliphatic rings. The fourth-order valence-electron chi connectivity index (χ4n) is 2.18. The summed E-state index contributed by atoms with van der Waals surface area (Å²) in [6.45, 7) is 2.31. The first-order chi connectivity index (χ1) is 8.11. The first-order valence-electron chi connectivity index (χ1n) is 5.70. The average molecular weight is 296 g/mol. The molecule has 0 unspecified atom stereocenters. The van der Waals surface area contributed by atoms with Gasteiger partial charge in [-0.1, -0.05) is 28.1 Å². The lowest BCUT2D eigenvalue weighted by Gasteiger charge is -2.29. The van der Waals surface area contributed by atoms with E-state index in [2.05, 4.69) is 15.9 Å². The lowest BCUT2D eigenvalue weighted by Crippen LogP contribution is -2.42. The summed E-state index contributed by atoms with van der Waals surface area (Å²) in [5, 5.41) is 0. The number of hydrogen-bond acceptors (Lipinski definition) is 2. The van der Waals surface area contributed by atoms with E-state index in [4.69, 9.17) is 0 Å². The monoisotopic (exact) mass is 295 g/mol. The third-order valence-electron chi connectivity index (χ3n) is 3.10. The van der Waals surface area contributed by atoms with Crippen molar-refractivity contribution in [1.29, 1.82) is 0 Å². The molecule has 0 spiro atoms. The minimum absolute atomic E-state index is 0.0332. The van der Waals surface area contributed by atoms with Gasteiger partial charge in [-0.05, 0) is 24.6 Å². The Labute approximate surface area is 109 Å². The number of rotatable bonds is 2. The van der Waals surface area contributed by atoms with Crippen LogP contribution in [-0.4, -0.2) is 23.3 Å². The number of piperidine rings is 1. The number of carbonyl (C=O) groups is 2. The van der Waals surface area contributed by atoms with Crippen LogP contribution in [0.3, 0.4) is 0 Å². The van der Waals surface area contributed by atoms with Gasteiger partial charge in [0, 0.05) is 29.8 Å². The van der Waals surface area contributed by atoms with Crippen LogP contribution in [0.25, 0.3) is 0 Å². The molecule has 1 heterocycles. The second kappa shape index (κ2) is 5.00. The number of amides is 2. The Morgan fingerprint density at radius 2 is 1.71 bits per heavy atom. The van der Waals surface area contributed by atoms with E-state index in [0.29, 0.717) is 19.4 Å². The molecular weight excluding hydrogens is 282 g/mol. The van der Waals surface area contributed by atoms with Crippen LogP contribution in [-0.2, 0) is 9.59 Å². The molecule has 2 rings (SSSR count). The fraction of sp³-hybridized carbons (Fsp3) is 0.385. The maximum atomic E-state index is 11.8. The van der Waals surface area contributed by atoms with Gasteiger partial charge in [0.25, 0.3) is 0 Å². The van der Waals surface area contributed by atoms with Gasteiger partial charge < -0.3 is 0 Å². The smallest absolute Gasteiger partial charge is 0.229 e. The molecule has 0 aromatic heterocycles. The van der Waals surface area contributed by atoms with Crippen LogP contribution in [0.4, 0.5) is 0 Å². The third kappa shape index (κ3) is 2.57. The van der Waals surface area contributed by atoms with Crippen molar-refractivity contribution in [3.05, 3.63) is 34.3 Å². The molecular formula is C13H14BrNO2. The number of hydrogen-bond donors (Lipinski definition) is 0. The molecule has 4 heteroatoms. The van der Waals surface area contributed by atoms with Gasteiger partial charge in [-0.2, -0.15) is 0 Å². The average Bonchev–Trinajstić information content (AvgIpc) is 2.29. The molecule has 0 bridgehead atoms. The Morgan fingerprint density at radius 3 is 2.18 bits per heavy atom. The summed E-state index contributed by atoms with van der Waals surface area (Å²) >= 11 is 3.37. The molecule has 0 aliphatic carbocycles. The SMILES string of the molecule is CCN1C(=O)CC(c2ccc(Br)cc2)CC1=O. The molecule has 1 fully saturated rings. The van der Waals surface area contributed by atoms with Gasteiger partial charge in [0.2, 0.25) is 11.8 Å². The zero-order valence-corrected chi connectivity index (χ0v) is 11.2. The number of halogens is 1. The van der Waals surface area contributed by atoms with E-state index in [1.807, 2.05) is 31.2 Å². The van der Waals surface area contributed by atoms with Crippen molar-refractivity contribution in [2.75, 3.05) is 6.54 Å². The molecule has 1 aromatic carbocycles. The van der Waals surface area contributed by atoms with E-state index < -0.39 is 0 Å². The van der Waals surface area contributed by atoms with Crippen molar-refractivity contribution >= 4 is 27.7 Å². The predicted molar refractivity (Wildman–Crippen MR) is 68.5 cm³/mol. The Hall–Kier alpha value is -1.16. The quantitative estimate of drug-likeness (QED) is 0.787. The van der Waals surface area contributed by atoms with Crippen molar-refractivity contribution in [2.24, 2.45) is 0 Å². The van der Waals surface area contributed by atoms with Crippen LogP contribution in [0, 0.1) is 0 Å². The molecule has 0 saturated carbocycles. The fourth-order valence-corrected chi connectivity index (χ4v) is 2.44. The zero-order chi connectivity index (χ0) is 12.4. The standard InChI is InChI=1S/C13H14BrNO2/c1-2-15-12(16)7-10(8-13(15)17)9-3-5-11(14)6-4-9/h3-6,10H,2,7-8H2,1H3. The van der Waals surface area contributed by atoms with Crippen LogP contribution >= 0.6 is 15.9 Å². The number of imide groups is 1. The minimum Gasteiger partial charge on any atom is -0.283 e. The summed E-state index contributed by atoms with van der Waals surface area (Å²) in [7, 11) is 0. The Morgan fingerprint density at radius 1 is 1.18 bits per heavy atom. The normalized spacial score (nSPS) is 17.6. The second-order valence-corrected chi connectivity index (χ2v) is 5.10. The molecule has 0 atom stereocenters. The molecule has 2 amide bonds. The van der Waals surface area contributed by atoms with Gasteiger partial charge in [0.05, 0.1) is 0 Å². The highest BCUT2D eigenvalue weighted by Crippen LogP contribution is 2.30. The van der Waals surface area contributed by atoms with Crippen molar-refractivity contribution in [3.63, 3.8) is 0 Å². The van der Waals surface area contributed by atoms with E-state index in [9.17, 15) is 9.59 Å². The highest BCUT2D eigenvalue weighted by Gasteiger charge is 2.31. The molecule has 0 N–H and O–H groups in total. The van der Waals surface area contributed by atoms with E-state index in [1.54, 1.807) is 0 Å². The van der Waals surface area contributed by atoms with Gasteiger partial charge in [0.1, 0.15) is 0 Å².